The minimum Gasteiger partial charge on any atom is -0.378 e. The average Bonchev–Trinajstić information content (AvgIpc) is 2.92. The second-order valence-electron chi connectivity index (χ2n) is 5.12. The summed E-state index contributed by atoms with van der Waals surface area (Å²) in [7, 11) is 4.07. The summed E-state index contributed by atoms with van der Waals surface area (Å²) in [6, 6.07) is 8.50. The van der Waals surface area contributed by atoms with Crippen LogP contribution in [0.4, 0.5) is 5.69 Å². The standard InChI is InChI=1S/C15H23N5/c1-4-20-11-12(10-17-20)8-15(18-16)13-6-5-7-14(9-13)19(2)3/h5-7,9-11,15,18H,4,8,16H2,1-3H3. The zero-order valence-electron chi connectivity index (χ0n) is 12.4. The number of hydrogen-bond donors (Lipinski definition) is 2. The van der Waals surface area contributed by atoms with Crippen LogP contribution in [0.1, 0.15) is 24.1 Å². The van der Waals surface area contributed by atoms with Crippen LogP contribution in [0, 0.1) is 0 Å². The van der Waals surface area contributed by atoms with Crippen LogP contribution in [0.3, 0.4) is 0 Å². The molecule has 108 valence electrons. The zero-order valence-corrected chi connectivity index (χ0v) is 12.4. The molecule has 0 spiro atoms. The van der Waals surface area contributed by atoms with E-state index in [1.54, 1.807) is 0 Å². The van der Waals surface area contributed by atoms with Gasteiger partial charge in [0.25, 0.3) is 0 Å². The van der Waals surface area contributed by atoms with E-state index < -0.39 is 0 Å². The highest BCUT2D eigenvalue weighted by Crippen LogP contribution is 2.22. The number of rotatable bonds is 6. The lowest BCUT2D eigenvalue weighted by Crippen LogP contribution is -2.29. The quantitative estimate of drug-likeness (QED) is 0.621. The minimum atomic E-state index is 0.0874. The monoisotopic (exact) mass is 273 g/mol. The molecule has 0 saturated heterocycles. The molecule has 1 atom stereocenters. The molecule has 1 heterocycles. The fourth-order valence-electron chi connectivity index (χ4n) is 2.21. The Labute approximate surface area is 120 Å². The first-order chi connectivity index (χ1) is 9.63. The number of aromatic nitrogens is 2. The van der Waals surface area contributed by atoms with E-state index in [0.717, 1.165) is 13.0 Å². The molecule has 0 radical (unpaired) electrons. The normalized spacial score (nSPS) is 12.4. The number of benzene rings is 1. The lowest BCUT2D eigenvalue weighted by atomic mass is 10.0. The van der Waals surface area contributed by atoms with Gasteiger partial charge in [0.15, 0.2) is 0 Å². The highest BCUT2D eigenvalue weighted by molar-refractivity contribution is 5.48. The minimum absolute atomic E-state index is 0.0874. The third-order valence-electron chi connectivity index (χ3n) is 3.44. The van der Waals surface area contributed by atoms with Gasteiger partial charge in [0.1, 0.15) is 0 Å². The van der Waals surface area contributed by atoms with Gasteiger partial charge in [-0.2, -0.15) is 5.10 Å². The van der Waals surface area contributed by atoms with Crippen molar-refractivity contribution in [1.29, 1.82) is 0 Å². The van der Waals surface area contributed by atoms with Gasteiger partial charge in [-0.25, -0.2) is 0 Å². The van der Waals surface area contributed by atoms with Gasteiger partial charge in [-0.1, -0.05) is 12.1 Å². The molecule has 20 heavy (non-hydrogen) atoms. The molecule has 2 aromatic rings. The summed E-state index contributed by atoms with van der Waals surface area (Å²) in [5, 5.41) is 4.30. The Morgan fingerprint density at radius 2 is 2.20 bits per heavy atom. The van der Waals surface area contributed by atoms with Crippen molar-refractivity contribution in [2.75, 3.05) is 19.0 Å². The third-order valence-corrected chi connectivity index (χ3v) is 3.44. The van der Waals surface area contributed by atoms with Crippen LogP contribution in [0.5, 0.6) is 0 Å². The fourth-order valence-corrected chi connectivity index (χ4v) is 2.21. The maximum atomic E-state index is 5.73. The van der Waals surface area contributed by atoms with Crippen LogP contribution in [-0.2, 0) is 13.0 Å². The van der Waals surface area contributed by atoms with E-state index in [-0.39, 0.29) is 6.04 Å². The van der Waals surface area contributed by atoms with Crippen molar-refractivity contribution in [3.05, 3.63) is 47.8 Å². The summed E-state index contributed by atoms with van der Waals surface area (Å²) >= 11 is 0. The van der Waals surface area contributed by atoms with Crippen molar-refractivity contribution in [2.45, 2.75) is 25.9 Å². The van der Waals surface area contributed by atoms with Crippen molar-refractivity contribution in [2.24, 2.45) is 5.84 Å². The summed E-state index contributed by atoms with van der Waals surface area (Å²) in [6.45, 7) is 2.97. The molecule has 1 unspecified atom stereocenters. The Morgan fingerprint density at radius 3 is 2.80 bits per heavy atom. The van der Waals surface area contributed by atoms with Gasteiger partial charge in [-0.05, 0) is 36.6 Å². The van der Waals surface area contributed by atoms with Crippen LogP contribution >= 0.6 is 0 Å². The van der Waals surface area contributed by atoms with Crippen LogP contribution in [0.2, 0.25) is 0 Å². The van der Waals surface area contributed by atoms with Crippen LogP contribution in [0.25, 0.3) is 0 Å². The maximum absolute atomic E-state index is 5.73. The van der Waals surface area contributed by atoms with Gasteiger partial charge in [0.2, 0.25) is 0 Å². The first-order valence-electron chi connectivity index (χ1n) is 6.88. The summed E-state index contributed by atoms with van der Waals surface area (Å²) in [5.41, 5.74) is 6.45. The van der Waals surface area contributed by atoms with Crippen molar-refractivity contribution in [3.63, 3.8) is 0 Å². The summed E-state index contributed by atoms with van der Waals surface area (Å²) in [6.07, 6.45) is 4.80. The molecule has 0 aliphatic heterocycles. The molecule has 0 fully saturated rings. The second-order valence-corrected chi connectivity index (χ2v) is 5.12. The molecule has 0 aliphatic rings. The Morgan fingerprint density at radius 1 is 1.40 bits per heavy atom. The largest absolute Gasteiger partial charge is 0.378 e. The van der Waals surface area contributed by atoms with Crippen molar-refractivity contribution in [1.82, 2.24) is 15.2 Å². The van der Waals surface area contributed by atoms with E-state index in [1.807, 2.05) is 25.0 Å². The predicted molar refractivity (Wildman–Crippen MR) is 82.4 cm³/mol. The fraction of sp³-hybridized carbons (Fsp3) is 0.400. The van der Waals surface area contributed by atoms with Gasteiger partial charge in [-0.15, -0.1) is 0 Å². The Hall–Kier alpha value is -1.85. The molecule has 0 amide bonds. The van der Waals surface area contributed by atoms with Crippen LogP contribution < -0.4 is 16.2 Å². The number of nitrogens with zero attached hydrogens (tertiary/aromatic N) is 3. The molecular formula is C15H23N5. The Kier molecular flexibility index (Phi) is 4.76. The van der Waals surface area contributed by atoms with Gasteiger partial charge in [-0.3, -0.25) is 16.0 Å². The van der Waals surface area contributed by atoms with E-state index in [0.29, 0.717) is 0 Å². The number of hydrogen-bond acceptors (Lipinski definition) is 4. The Balaban J connectivity index is 2.17. The zero-order chi connectivity index (χ0) is 14.5. The van der Waals surface area contributed by atoms with Gasteiger partial charge in [0.05, 0.1) is 12.2 Å². The molecule has 0 bridgehead atoms. The lowest BCUT2D eigenvalue weighted by Gasteiger charge is -2.19. The Bertz CT molecular complexity index is 547. The van der Waals surface area contributed by atoms with E-state index in [9.17, 15) is 0 Å². The topological polar surface area (TPSA) is 59.1 Å². The third kappa shape index (κ3) is 3.37. The number of hydrazine groups is 1. The average molecular weight is 273 g/mol. The molecule has 1 aromatic carbocycles. The number of aryl methyl sites for hydroxylation is 1. The van der Waals surface area contributed by atoms with Gasteiger partial charge >= 0.3 is 0 Å². The molecular weight excluding hydrogens is 250 g/mol. The number of anilines is 1. The predicted octanol–water partition coefficient (Wildman–Crippen LogP) is 1.72. The lowest BCUT2D eigenvalue weighted by molar-refractivity contribution is 0.551. The second kappa shape index (κ2) is 6.54. The van der Waals surface area contributed by atoms with Gasteiger partial charge in [0, 0.05) is 32.5 Å². The SMILES string of the molecule is CCn1cc(CC(NN)c2cccc(N(C)C)c2)cn1. The smallest absolute Gasteiger partial charge is 0.0522 e. The summed E-state index contributed by atoms with van der Waals surface area (Å²) < 4.78 is 1.93. The molecule has 0 aliphatic carbocycles. The summed E-state index contributed by atoms with van der Waals surface area (Å²) in [4.78, 5) is 2.09. The van der Waals surface area contributed by atoms with E-state index in [2.05, 4.69) is 52.8 Å². The van der Waals surface area contributed by atoms with E-state index in [4.69, 9.17) is 5.84 Å². The van der Waals surface area contributed by atoms with E-state index in [1.165, 1.54) is 16.8 Å². The van der Waals surface area contributed by atoms with Crippen LogP contribution in [-0.4, -0.2) is 23.9 Å². The highest BCUT2D eigenvalue weighted by Gasteiger charge is 2.12. The highest BCUT2D eigenvalue weighted by atomic mass is 15.3. The molecule has 5 heteroatoms. The molecule has 0 saturated carbocycles. The van der Waals surface area contributed by atoms with Crippen molar-refractivity contribution >= 4 is 5.69 Å². The molecule has 3 N–H and O–H groups in total. The first kappa shape index (κ1) is 14.6. The molecule has 2 rings (SSSR count). The molecule has 5 nitrogen and oxygen atoms in total. The van der Waals surface area contributed by atoms with Crippen molar-refractivity contribution in [3.8, 4) is 0 Å². The number of nitrogens with one attached hydrogen (secondary N) is 1. The number of nitrogens with two attached hydrogens (primary N) is 1. The van der Waals surface area contributed by atoms with Crippen molar-refractivity contribution < 1.29 is 0 Å². The summed E-state index contributed by atoms with van der Waals surface area (Å²) in [5.74, 6) is 5.73. The maximum Gasteiger partial charge on any atom is 0.0522 e. The first-order valence-corrected chi connectivity index (χ1v) is 6.88. The van der Waals surface area contributed by atoms with Crippen LogP contribution in [0.15, 0.2) is 36.7 Å². The van der Waals surface area contributed by atoms with E-state index >= 15 is 0 Å². The molecule has 1 aromatic heterocycles. The van der Waals surface area contributed by atoms with Gasteiger partial charge < -0.3 is 4.90 Å².